The van der Waals surface area contributed by atoms with Crippen LogP contribution in [0.1, 0.15) is 29.2 Å². The number of carbonyl (C=O) groups excluding carboxylic acids is 1. The van der Waals surface area contributed by atoms with E-state index < -0.39 is 0 Å². The number of carbonyl (C=O) groups is 1. The highest BCUT2D eigenvalue weighted by Gasteiger charge is 2.16. The maximum atomic E-state index is 12.3. The lowest BCUT2D eigenvalue weighted by atomic mass is 10.2. The molecule has 0 fully saturated rings. The Morgan fingerprint density at radius 3 is 2.95 bits per heavy atom. The predicted octanol–water partition coefficient (Wildman–Crippen LogP) is 4.47. The molecule has 0 saturated carbocycles. The van der Waals surface area contributed by atoms with Crippen molar-refractivity contribution in [3.8, 4) is 0 Å². The molecule has 110 valence electrons. The molecule has 0 aliphatic heterocycles. The Balaban J connectivity index is 1.56. The summed E-state index contributed by atoms with van der Waals surface area (Å²) in [6.45, 7) is 1.92. The molecule has 0 bridgehead atoms. The van der Waals surface area contributed by atoms with Gasteiger partial charge in [-0.05, 0) is 36.6 Å². The van der Waals surface area contributed by atoms with Crippen LogP contribution in [-0.4, -0.2) is 10.9 Å². The van der Waals surface area contributed by atoms with Gasteiger partial charge in [0, 0.05) is 5.39 Å². The fourth-order valence-corrected chi connectivity index (χ4v) is 3.31. The summed E-state index contributed by atoms with van der Waals surface area (Å²) in [5, 5.41) is 6.01. The monoisotopic (exact) mass is 310 g/mol. The maximum Gasteiger partial charge on any atom is 0.268 e. The fraction of sp³-hybridized carbons (Fsp3) is 0.118. The normalized spacial score (nSPS) is 12.8. The van der Waals surface area contributed by atoms with Gasteiger partial charge in [0.25, 0.3) is 5.91 Å². The molecule has 4 nitrogen and oxygen atoms in total. The Labute approximate surface area is 130 Å². The summed E-state index contributed by atoms with van der Waals surface area (Å²) < 4.78 is 6.87. The quantitative estimate of drug-likeness (QED) is 0.586. The first-order valence-corrected chi connectivity index (χ1v) is 7.94. The molecule has 22 heavy (non-hydrogen) atoms. The van der Waals surface area contributed by atoms with Crippen molar-refractivity contribution in [1.29, 1.82) is 0 Å². The van der Waals surface area contributed by atoms with Crippen LogP contribution in [0.25, 0.3) is 21.2 Å². The van der Waals surface area contributed by atoms with E-state index in [1.165, 1.54) is 0 Å². The van der Waals surface area contributed by atoms with Gasteiger partial charge in [-0.1, -0.05) is 18.2 Å². The number of para-hydroxylation sites is 1. The average Bonchev–Trinajstić information content (AvgIpc) is 3.20. The Morgan fingerprint density at radius 1 is 1.27 bits per heavy atom. The number of rotatable bonds is 3. The fourth-order valence-electron chi connectivity index (χ4n) is 2.53. The molecule has 0 unspecified atom stereocenters. The summed E-state index contributed by atoms with van der Waals surface area (Å²) in [7, 11) is 0. The van der Waals surface area contributed by atoms with Gasteiger partial charge < -0.3 is 14.7 Å². The zero-order valence-corrected chi connectivity index (χ0v) is 12.7. The smallest absolute Gasteiger partial charge is 0.268 e. The van der Waals surface area contributed by atoms with Gasteiger partial charge in [0.15, 0.2) is 0 Å². The van der Waals surface area contributed by atoms with E-state index in [0.29, 0.717) is 5.69 Å². The van der Waals surface area contributed by atoms with Crippen LogP contribution in [0.2, 0.25) is 0 Å². The van der Waals surface area contributed by atoms with Crippen LogP contribution < -0.4 is 5.32 Å². The number of hydrogen-bond donors (Lipinski definition) is 2. The molecule has 4 rings (SSSR count). The van der Waals surface area contributed by atoms with Gasteiger partial charge in [0.2, 0.25) is 0 Å². The second kappa shape index (κ2) is 5.03. The van der Waals surface area contributed by atoms with Gasteiger partial charge in [0.05, 0.1) is 16.3 Å². The summed E-state index contributed by atoms with van der Waals surface area (Å²) in [6.07, 6.45) is 0. The molecule has 3 aromatic heterocycles. The van der Waals surface area contributed by atoms with Gasteiger partial charge in [-0.25, -0.2) is 0 Å². The third kappa shape index (κ3) is 2.19. The highest BCUT2D eigenvalue weighted by atomic mass is 32.1. The van der Waals surface area contributed by atoms with E-state index in [0.717, 1.165) is 26.9 Å². The van der Waals surface area contributed by atoms with Crippen LogP contribution in [0.5, 0.6) is 0 Å². The van der Waals surface area contributed by atoms with E-state index in [1.54, 1.807) is 11.3 Å². The molecule has 0 radical (unpaired) electrons. The number of furan rings is 1. The topological polar surface area (TPSA) is 58.0 Å². The molecule has 0 aliphatic rings. The highest BCUT2D eigenvalue weighted by Crippen LogP contribution is 2.25. The van der Waals surface area contributed by atoms with Gasteiger partial charge in [-0.15, -0.1) is 11.3 Å². The number of nitrogens with one attached hydrogen (secondary N) is 2. The van der Waals surface area contributed by atoms with Crippen molar-refractivity contribution < 1.29 is 9.21 Å². The molecule has 1 atom stereocenters. The third-order valence-electron chi connectivity index (χ3n) is 3.70. The van der Waals surface area contributed by atoms with Crippen LogP contribution in [0.15, 0.2) is 52.3 Å². The van der Waals surface area contributed by atoms with Crippen molar-refractivity contribution in [3.63, 3.8) is 0 Å². The Morgan fingerprint density at radius 2 is 2.14 bits per heavy atom. The number of thiophene rings is 1. The minimum Gasteiger partial charge on any atom is -0.459 e. The minimum absolute atomic E-state index is 0.128. The van der Waals surface area contributed by atoms with Crippen LogP contribution in [-0.2, 0) is 0 Å². The van der Waals surface area contributed by atoms with Gasteiger partial charge in [0.1, 0.15) is 17.0 Å². The van der Waals surface area contributed by atoms with Crippen molar-refractivity contribution in [2.45, 2.75) is 13.0 Å². The molecule has 3 heterocycles. The zero-order valence-electron chi connectivity index (χ0n) is 11.9. The van der Waals surface area contributed by atoms with E-state index >= 15 is 0 Å². The van der Waals surface area contributed by atoms with Crippen molar-refractivity contribution >= 4 is 38.4 Å². The van der Waals surface area contributed by atoms with Crippen LogP contribution in [0.4, 0.5) is 0 Å². The Kier molecular flexibility index (Phi) is 3.01. The molecule has 2 N–H and O–H groups in total. The number of fused-ring (bicyclic) bond motifs is 2. The highest BCUT2D eigenvalue weighted by molar-refractivity contribution is 7.17. The van der Waals surface area contributed by atoms with Crippen molar-refractivity contribution in [3.05, 3.63) is 59.3 Å². The Bertz CT molecular complexity index is 902. The van der Waals surface area contributed by atoms with Gasteiger partial charge in [-0.3, -0.25) is 4.79 Å². The number of amides is 1. The van der Waals surface area contributed by atoms with Crippen LogP contribution in [0, 0.1) is 0 Å². The van der Waals surface area contributed by atoms with Crippen molar-refractivity contribution in [1.82, 2.24) is 10.3 Å². The first-order valence-electron chi connectivity index (χ1n) is 7.06. The van der Waals surface area contributed by atoms with Crippen LogP contribution in [0.3, 0.4) is 0 Å². The molecule has 4 aromatic rings. The van der Waals surface area contributed by atoms with E-state index in [1.807, 2.05) is 54.8 Å². The predicted molar refractivity (Wildman–Crippen MR) is 88.3 cm³/mol. The Hall–Kier alpha value is -2.53. The van der Waals surface area contributed by atoms with E-state index in [4.69, 9.17) is 4.42 Å². The van der Waals surface area contributed by atoms with Gasteiger partial charge in [-0.2, -0.15) is 0 Å². The summed E-state index contributed by atoms with van der Waals surface area (Å²) in [4.78, 5) is 15.5. The lowest BCUT2D eigenvalue weighted by molar-refractivity contribution is 0.0931. The minimum atomic E-state index is -0.193. The van der Waals surface area contributed by atoms with E-state index in [2.05, 4.69) is 10.3 Å². The summed E-state index contributed by atoms with van der Waals surface area (Å²) in [5.74, 6) is 0.624. The maximum absolute atomic E-state index is 12.3. The molecule has 1 aromatic carbocycles. The molecule has 1 amide bonds. The molecular weight excluding hydrogens is 296 g/mol. The number of benzene rings is 1. The number of H-pyrrole nitrogens is 1. The molecule has 0 spiro atoms. The molecular formula is C17H14N2O2S. The molecule has 5 heteroatoms. The van der Waals surface area contributed by atoms with E-state index in [9.17, 15) is 4.79 Å². The first kappa shape index (κ1) is 13.2. The van der Waals surface area contributed by atoms with Gasteiger partial charge >= 0.3 is 0 Å². The SMILES string of the molecule is C[C@@H](NC(=O)c1cc2sccc2[nH]1)c1cc2ccccc2o1. The third-order valence-corrected chi connectivity index (χ3v) is 4.57. The van der Waals surface area contributed by atoms with Crippen molar-refractivity contribution in [2.24, 2.45) is 0 Å². The molecule has 0 aliphatic carbocycles. The largest absolute Gasteiger partial charge is 0.459 e. The average molecular weight is 310 g/mol. The second-order valence-electron chi connectivity index (χ2n) is 5.26. The number of hydrogen-bond acceptors (Lipinski definition) is 3. The summed E-state index contributed by atoms with van der Waals surface area (Å²) >= 11 is 1.61. The zero-order chi connectivity index (χ0) is 15.1. The second-order valence-corrected chi connectivity index (χ2v) is 6.21. The van der Waals surface area contributed by atoms with Crippen molar-refractivity contribution in [2.75, 3.05) is 0 Å². The van der Waals surface area contributed by atoms with E-state index in [-0.39, 0.29) is 11.9 Å². The summed E-state index contributed by atoms with van der Waals surface area (Å²) in [5.41, 5.74) is 2.40. The lowest BCUT2D eigenvalue weighted by Gasteiger charge is -2.10. The molecule has 0 saturated heterocycles. The summed E-state index contributed by atoms with van der Waals surface area (Å²) in [6, 6.07) is 13.4. The first-order chi connectivity index (χ1) is 10.7. The van der Waals surface area contributed by atoms with Crippen LogP contribution >= 0.6 is 11.3 Å². The number of aromatic nitrogens is 1. The number of aromatic amines is 1. The standard InChI is InChI=1S/C17H14N2O2S/c1-10(15-8-11-4-2-3-5-14(11)21-15)18-17(20)13-9-16-12(19-13)6-7-22-16/h2-10,19H,1H3,(H,18,20)/t10-/m1/s1. The lowest BCUT2D eigenvalue weighted by Crippen LogP contribution is -2.26.